The molecule has 1 N–H and O–H groups in total. The fourth-order valence-electron chi connectivity index (χ4n) is 1.87. The Bertz CT molecular complexity index is 778. The van der Waals surface area contributed by atoms with Crippen molar-refractivity contribution in [1.82, 2.24) is 0 Å². The lowest BCUT2D eigenvalue weighted by atomic mass is 10.3. The first kappa shape index (κ1) is 19.0. The van der Waals surface area contributed by atoms with Gasteiger partial charge in [-0.3, -0.25) is 14.9 Å². The molecule has 0 spiro atoms. The van der Waals surface area contributed by atoms with E-state index in [1.165, 1.54) is 48.5 Å². The van der Waals surface area contributed by atoms with Gasteiger partial charge in [0.2, 0.25) is 0 Å². The summed E-state index contributed by atoms with van der Waals surface area (Å²) < 4.78 is 45.8. The number of ether oxygens (including phenoxy) is 2. The van der Waals surface area contributed by atoms with Crippen LogP contribution in [0.15, 0.2) is 48.5 Å². The van der Waals surface area contributed by atoms with E-state index in [1.54, 1.807) is 0 Å². The lowest BCUT2D eigenvalue weighted by molar-refractivity contribution is -0.385. The molecule has 138 valence electrons. The third-order valence-electron chi connectivity index (χ3n) is 2.96. The number of hydrogen-bond donors (Lipinski definition) is 1. The Labute approximate surface area is 145 Å². The summed E-state index contributed by atoms with van der Waals surface area (Å²) in [5, 5.41) is 13.3. The van der Waals surface area contributed by atoms with Gasteiger partial charge in [0.25, 0.3) is 5.91 Å². The number of alkyl halides is 3. The number of nitrogens with one attached hydrogen (secondary N) is 1. The van der Waals surface area contributed by atoms with Crippen LogP contribution >= 0.6 is 0 Å². The lowest BCUT2D eigenvalue weighted by Gasteiger charge is -2.10. The molecule has 10 heteroatoms. The SMILES string of the molecule is O=C(COc1ccccc1[N+](=O)[O-])Nc1ccc(OCC(F)(F)F)cc1. The van der Waals surface area contributed by atoms with E-state index in [9.17, 15) is 28.1 Å². The summed E-state index contributed by atoms with van der Waals surface area (Å²) in [7, 11) is 0. The van der Waals surface area contributed by atoms with E-state index < -0.39 is 30.2 Å². The molecule has 0 saturated carbocycles. The monoisotopic (exact) mass is 370 g/mol. The van der Waals surface area contributed by atoms with Gasteiger partial charge in [0.15, 0.2) is 19.0 Å². The molecule has 0 aliphatic carbocycles. The molecular formula is C16H13F3N2O5. The van der Waals surface area contributed by atoms with Crippen molar-refractivity contribution in [1.29, 1.82) is 0 Å². The van der Waals surface area contributed by atoms with Gasteiger partial charge in [0, 0.05) is 11.8 Å². The maximum atomic E-state index is 12.1. The van der Waals surface area contributed by atoms with Crippen LogP contribution < -0.4 is 14.8 Å². The van der Waals surface area contributed by atoms with Crippen molar-refractivity contribution >= 4 is 17.3 Å². The van der Waals surface area contributed by atoms with Gasteiger partial charge in [0.1, 0.15) is 5.75 Å². The maximum Gasteiger partial charge on any atom is 0.422 e. The van der Waals surface area contributed by atoms with E-state index in [2.05, 4.69) is 10.1 Å². The number of benzene rings is 2. The zero-order chi connectivity index (χ0) is 19.2. The molecule has 0 bridgehead atoms. The van der Waals surface area contributed by atoms with Crippen LogP contribution in [0, 0.1) is 10.1 Å². The number of rotatable bonds is 7. The predicted octanol–water partition coefficient (Wildman–Crippen LogP) is 3.55. The summed E-state index contributed by atoms with van der Waals surface area (Å²) in [5.41, 5.74) is 0.0342. The summed E-state index contributed by atoms with van der Waals surface area (Å²) in [6.45, 7) is -1.89. The van der Waals surface area contributed by atoms with Crippen molar-refractivity contribution in [3.8, 4) is 11.5 Å². The van der Waals surface area contributed by atoms with E-state index in [1.807, 2.05) is 0 Å². The Hall–Kier alpha value is -3.30. The molecule has 0 radical (unpaired) electrons. The Kier molecular flexibility index (Phi) is 5.99. The molecule has 0 aromatic heterocycles. The highest BCUT2D eigenvalue weighted by Gasteiger charge is 2.28. The number of hydrogen-bond acceptors (Lipinski definition) is 5. The van der Waals surface area contributed by atoms with Gasteiger partial charge in [-0.05, 0) is 30.3 Å². The number of carbonyl (C=O) groups is 1. The molecule has 0 atom stereocenters. The van der Waals surface area contributed by atoms with Gasteiger partial charge < -0.3 is 14.8 Å². The number of anilines is 1. The van der Waals surface area contributed by atoms with E-state index in [0.29, 0.717) is 5.69 Å². The maximum absolute atomic E-state index is 12.1. The van der Waals surface area contributed by atoms with E-state index in [4.69, 9.17) is 4.74 Å². The average molecular weight is 370 g/mol. The van der Waals surface area contributed by atoms with Gasteiger partial charge in [-0.15, -0.1) is 0 Å². The number of nitrogens with zero attached hydrogens (tertiary/aromatic N) is 1. The average Bonchev–Trinajstić information content (AvgIpc) is 2.59. The predicted molar refractivity (Wildman–Crippen MR) is 85.2 cm³/mol. The minimum Gasteiger partial charge on any atom is -0.484 e. The second kappa shape index (κ2) is 8.19. The van der Waals surface area contributed by atoms with Crippen LogP contribution in [0.5, 0.6) is 11.5 Å². The molecule has 0 heterocycles. The number of amides is 1. The Morgan fingerprint density at radius 3 is 2.35 bits per heavy atom. The molecular weight excluding hydrogens is 357 g/mol. The minimum atomic E-state index is -4.44. The third kappa shape index (κ3) is 5.96. The molecule has 2 aromatic rings. The van der Waals surface area contributed by atoms with Crippen LogP contribution in [-0.4, -0.2) is 30.2 Å². The van der Waals surface area contributed by atoms with Gasteiger partial charge in [-0.2, -0.15) is 13.2 Å². The van der Waals surface area contributed by atoms with Crippen LogP contribution in [0.3, 0.4) is 0 Å². The first-order chi connectivity index (χ1) is 12.2. The third-order valence-corrected chi connectivity index (χ3v) is 2.96. The molecule has 0 aliphatic heterocycles. The fourth-order valence-corrected chi connectivity index (χ4v) is 1.87. The molecule has 0 saturated heterocycles. The van der Waals surface area contributed by atoms with Gasteiger partial charge >= 0.3 is 11.9 Å². The summed E-state index contributed by atoms with van der Waals surface area (Å²) in [6, 6.07) is 10.8. The lowest BCUT2D eigenvalue weighted by Crippen LogP contribution is -2.20. The summed E-state index contributed by atoms with van der Waals surface area (Å²) in [4.78, 5) is 22.0. The van der Waals surface area contributed by atoms with Gasteiger partial charge in [-0.1, -0.05) is 12.1 Å². The second-order valence-corrected chi connectivity index (χ2v) is 4.99. The van der Waals surface area contributed by atoms with E-state index in [0.717, 1.165) is 0 Å². The van der Waals surface area contributed by atoms with Crippen LogP contribution in [0.1, 0.15) is 0 Å². The van der Waals surface area contributed by atoms with Crippen LogP contribution in [0.2, 0.25) is 0 Å². The summed E-state index contributed by atoms with van der Waals surface area (Å²) >= 11 is 0. The van der Waals surface area contributed by atoms with Crippen molar-refractivity contribution < 1.29 is 32.4 Å². The highest BCUT2D eigenvalue weighted by atomic mass is 19.4. The summed E-state index contributed by atoms with van der Waals surface area (Å²) in [5.74, 6) is -0.646. The topological polar surface area (TPSA) is 90.7 Å². The van der Waals surface area contributed by atoms with Crippen LogP contribution in [-0.2, 0) is 4.79 Å². The smallest absolute Gasteiger partial charge is 0.422 e. The van der Waals surface area contributed by atoms with E-state index in [-0.39, 0.29) is 17.2 Å². The number of nitro benzene ring substituents is 1. The molecule has 7 nitrogen and oxygen atoms in total. The molecule has 1 amide bonds. The minimum absolute atomic E-state index is 0.00326. The van der Waals surface area contributed by atoms with Crippen molar-refractivity contribution in [3.63, 3.8) is 0 Å². The van der Waals surface area contributed by atoms with E-state index >= 15 is 0 Å². The number of para-hydroxylation sites is 2. The van der Waals surface area contributed by atoms with Crippen molar-refractivity contribution in [2.24, 2.45) is 0 Å². The first-order valence-corrected chi connectivity index (χ1v) is 7.20. The molecule has 0 unspecified atom stereocenters. The number of halogens is 3. The Balaban J connectivity index is 1.87. The highest BCUT2D eigenvalue weighted by molar-refractivity contribution is 5.91. The van der Waals surface area contributed by atoms with Crippen molar-refractivity contribution in [2.75, 3.05) is 18.5 Å². The van der Waals surface area contributed by atoms with Crippen molar-refractivity contribution in [2.45, 2.75) is 6.18 Å². The Morgan fingerprint density at radius 1 is 1.08 bits per heavy atom. The fraction of sp³-hybridized carbons (Fsp3) is 0.188. The molecule has 2 aromatic carbocycles. The molecule has 0 aliphatic rings. The highest BCUT2D eigenvalue weighted by Crippen LogP contribution is 2.25. The second-order valence-electron chi connectivity index (χ2n) is 4.99. The largest absolute Gasteiger partial charge is 0.484 e. The molecule has 0 fully saturated rings. The van der Waals surface area contributed by atoms with Gasteiger partial charge in [0.05, 0.1) is 4.92 Å². The quantitative estimate of drug-likeness (QED) is 0.595. The number of carbonyl (C=O) groups excluding carboxylic acids is 1. The molecule has 26 heavy (non-hydrogen) atoms. The molecule has 2 rings (SSSR count). The first-order valence-electron chi connectivity index (χ1n) is 7.20. The normalized spacial score (nSPS) is 10.9. The Morgan fingerprint density at radius 2 is 1.73 bits per heavy atom. The van der Waals surface area contributed by atoms with Crippen LogP contribution in [0.4, 0.5) is 24.5 Å². The standard InChI is InChI=1S/C16H13F3N2O5/c17-16(18,19)10-26-12-7-5-11(6-8-12)20-15(22)9-25-14-4-2-1-3-13(14)21(23)24/h1-8H,9-10H2,(H,20,22). The zero-order valence-corrected chi connectivity index (χ0v) is 13.2. The van der Waals surface area contributed by atoms with Crippen LogP contribution in [0.25, 0.3) is 0 Å². The number of nitro groups is 1. The van der Waals surface area contributed by atoms with Crippen molar-refractivity contribution in [3.05, 3.63) is 58.6 Å². The van der Waals surface area contributed by atoms with Gasteiger partial charge in [-0.25, -0.2) is 0 Å². The summed E-state index contributed by atoms with van der Waals surface area (Å²) in [6.07, 6.45) is -4.44. The zero-order valence-electron chi connectivity index (χ0n) is 13.2.